The Hall–Kier alpha value is -2.23. The zero-order valence-corrected chi connectivity index (χ0v) is 11.7. The second-order valence-electron chi connectivity index (χ2n) is 4.63. The second kappa shape index (κ2) is 6.48. The highest BCUT2D eigenvalue weighted by atomic mass is 19.3. The average molecular weight is 290 g/mol. The number of carbonyl (C=O) groups excluding carboxylic acids is 1. The maximum absolute atomic E-state index is 13.2. The molecule has 21 heavy (non-hydrogen) atoms. The Bertz CT molecular complexity index is 665. The van der Waals surface area contributed by atoms with E-state index >= 15 is 0 Å². The molecule has 110 valence electrons. The van der Waals surface area contributed by atoms with Crippen LogP contribution in [0.4, 0.5) is 8.78 Å². The van der Waals surface area contributed by atoms with Gasteiger partial charge in [-0.05, 0) is 34.9 Å². The molecule has 0 bridgehead atoms. The van der Waals surface area contributed by atoms with Gasteiger partial charge in [0.05, 0.1) is 6.61 Å². The lowest BCUT2D eigenvalue weighted by Gasteiger charge is -2.15. The van der Waals surface area contributed by atoms with Crippen molar-refractivity contribution in [2.24, 2.45) is 0 Å². The van der Waals surface area contributed by atoms with Gasteiger partial charge < -0.3 is 4.74 Å². The Kier molecular flexibility index (Phi) is 4.68. The lowest BCUT2D eigenvalue weighted by atomic mass is 9.96. The molecule has 2 aromatic rings. The molecule has 0 aliphatic rings. The SMILES string of the molecule is C=Cc1ccc2cc(C(C(=O)OCC)C(F)F)ccc2c1. The molecule has 2 aromatic carbocycles. The van der Waals surface area contributed by atoms with Gasteiger partial charge in [0, 0.05) is 0 Å². The van der Waals surface area contributed by atoms with Gasteiger partial charge in [-0.15, -0.1) is 0 Å². The van der Waals surface area contributed by atoms with E-state index in [1.165, 1.54) is 0 Å². The number of ether oxygens (including phenoxy) is 1. The topological polar surface area (TPSA) is 26.3 Å². The average Bonchev–Trinajstić information content (AvgIpc) is 2.46. The van der Waals surface area contributed by atoms with Crippen molar-refractivity contribution in [2.45, 2.75) is 19.3 Å². The Morgan fingerprint density at radius 2 is 1.90 bits per heavy atom. The minimum Gasteiger partial charge on any atom is -0.465 e. The third-order valence-corrected chi connectivity index (χ3v) is 3.28. The number of fused-ring (bicyclic) bond motifs is 1. The highest BCUT2D eigenvalue weighted by Crippen LogP contribution is 2.28. The molecule has 0 spiro atoms. The Labute approximate surface area is 122 Å². The lowest BCUT2D eigenvalue weighted by molar-refractivity contribution is -0.148. The first kappa shape index (κ1) is 15.2. The van der Waals surface area contributed by atoms with Crippen LogP contribution in [0.3, 0.4) is 0 Å². The summed E-state index contributed by atoms with van der Waals surface area (Å²) >= 11 is 0. The van der Waals surface area contributed by atoms with Crippen molar-refractivity contribution in [3.8, 4) is 0 Å². The van der Waals surface area contributed by atoms with E-state index in [2.05, 4.69) is 6.58 Å². The van der Waals surface area contributed by atoms with Crippen molar-refractivity contribution in [2.75, 3.05) is 6.61 Å². The van der Waals surface area contributed by atoms with Crippen LogP contribution in [0.25, 0.3) is 16.8 Å². The lowest BCUT2D eigenvalue weighted by Crippen LogP contribution is -2.22. The van der Waals surface area contributed by atoms with Crippen molar-refractivity contribution < 1.29 is 18.3 Å². The van der Waals surface area contributed by atoms with E-state index in [4.69, 9.17) is 4.74 Å². The van der Waals surface area contributed by atoms with Crippen molar-refractivity contribution >= 4 is 22.8 Å². The molecule has 0 aliphatic heterocycles. The first-order chi connectivity index (χ1) is 10.1. The standard InChI is InChI=1S/C17H16F2O2/c1-3-11-5-6-13-10-14(8-7-12(13)9-11)15(16(18)19)17(20)21-4-2/h3,5-10,15-16H,1,4H2,2H3. The molecule has 0 saturated carbocycles. The highest BCUT2D eigenvalue weighted by Gasteiger charge is 2.31. The monoisotopic (exact) mass is 290 g/mol. The molecule has 4 heteroatoms. The van der Waals surface area contributed by atoms with Gasteiger partial charge in [0.15, 0.2) is 0 Å². The third-order valence-electron chi connectivity index (χ3n) is 3.28. The maximum Gasteiger partial charge on any atom is 0.319 e. The second-order valence-corrected chi connectivity index (χ2v) is 4.63. The van der Waals surface area contributed by atoms with E-state index in [9.17, 15) is 13.6 Å². The first-order valence-electron chi connectivity index (χ1n) is 6.67. The summed E-state index contributed by atoms with van der Waals surface area (Å²) in [6.45, 7) is 5.37. The zero-order valence-electron chi connectivity index (χ0n) is 11.7. The van der Waals surface area contributed by atoms with Crippen molar-refractivity contribution in [1.29, 1.82) is 0 Å². The molecule has 2 rings (SSSR count). The van der Waals surface area contributed by atoms with E-state index in [-0.39, 0.29) is 12.2 Å². The summed E-state index contributed by atoms with van der Waals surface area (Å²) in [7, 11) is 0. The zero-order chi connectivity index (χ0) is 15.4. The fraction of sp³-hybridized carbons (Fsp3) is 0.235. The summed E-state index contributed by atoms with van der Waals surface area (Å²) in [6.07, 6.45) is -1.08. The van der Waals surface area contributed by atoms with Crippen LogP contribution in [0.5, 0.6) is 0 Å². The van der Waals surface area contributed by atoms with Gasteiger partial charge in [-0.3, -0.25) is 4.79 Å². The van der Waals surface area contributed by atoms with Crippen LogP contribution in [-0.4, -0.2) is 19.0 Å². The molecule has 2 nitrogen and oxygen atoms in total. The van der Waals surface area contributed by atoms with Gasteiger partial charge >= 0.3 is 5.97 Å². The van der Waals surface area contributed by atoms with E-state index in [0.717, 1.165) is 16.3 Å². The molecule has 0 fully saturated rings. The molecule has 0 radical (unpaired) electrons. The largest absolute Gasteiger partial charge is 0.465 e. The number of halogens is 2. The quantitative estimate of drug-likeness (QED) is 0.763. The van der Waals surface area contributed by atoms with E-state index in [1.807, 2.05) is 18.2 Å². The molecule has 0 N–H and O–H groups in total. The fourth-order valence-electron chi connectivity index (χ4n) is 2.22. The number of rotatable bonds is 5. The van der Waals surface area contributed by atoms with Gasteiger partial charge in [-0.2, -0.15) is 0 Å². The molecule has 0 aliphatic carbocycles. The van der Waals surface area contributed by atoms with Gasteiger partial charge in [-0.1, -0.05) is 43.0 Å². The summed E-state index contributed by atoms with van der Waals surface area (Å²) in [4.78, 5) is 11.7. The van der Waals surface area contributed by atoms with E-state index < -0.39 is 18.3 Å². The number of esters is 1. The number of hydrogen-bond donors (Lipinski definition) is 0. The molecule has 1 unspecified atom stereocenters. The van der Waals surface area contributed by atoms with Crippen LogP contribution in [-0.2, 0) is 9.53 Å². The van der Waals surface area contributed by atoms with Gasteiger partial charge in [0.25, 0.3) is 6.43 Å². The van der Waals surface area contributed by atoms with Gasteiger partial charge in [0.2, 0.25) is 0 Å². The minimum absolute atomic E-state index is 0.0817. The van der Waals surface area contributed by atoms with E-state index in [1.54, 1.807) is 31.2 Å². The number of benzene rings is 2. The van der Waals surface area contributed by atoms with Crippen LogP contribution in [0, 0.1) is 0 Å². The number of carbonyl (C=O) groups is 1. The van der Waals surface area contributed by atoms with E-state index in [0.29, 0.717) is 0 Å². The van der Waals surface area contributed by atoms with Crippen LogP contribution in [0.2, 0.25) is 0 Å². The predicted octanol–water partition coefficient (Wildman–Crippen LogP) is 4.39. The van der Waals surface area contributed by atoms with Crippen LogP contribution in [0.15, 0.2) is 43.0 Å². The maximum atomic E-state index is 13.2. The highest BCUT2D eigenvalue weighted by molar-refractivity contribution is 5.87. The van der Waals surface area contributed by atoms with Crippen LogP contribution in [0.1, 0.15) is 24.0 Å². The molecular formula is C17H16F2O2. The summed E-state index contributed by atoms with van der Waals surface area (Å²) in [5.41, 5.74) is 1.22. The number of hydrogen-bond acceptors (Lipinski definition) is 2. The van der Waals surface area contributed by atoms with Gasteiger partial charge in [-0.25, -0.2) is 8.78 Å². The summed E-state index contributed by atoms with van der Waals surface area (Å²) in [5.74, 6) is -2.44. The first-order valence-corrected chi connectivity index (χ1v) is 6.67. The number of alkyl halides is 2. The molecule has 0 amide bonds. The minimum atomic E-state index is -2.80. The Morgan fingerprint density at radius 3 is 2.52 bits per heavy atom. The molecular weight excluding hydrogens is 274 g/mol. The summed E-state index contributed by atoms with van der Waals surface area (Å²) in [6, 6.07) is 10.5. The van der Waals surface area contributed by atoms with Crippen LogP contribution < -0.4 is 0 Å². The molecule has 0 saturated heterocycles. The molecule has 1 atom stereocenters. The Balaban J connectivity index is 2.44. The van der Waals surface area contributed by atoms with Crippen molar-refractivity contribution in [3.05, 3.63) is 54.1 Å². The van der Waals surface area contributed by atoms with Crippen LogP contribution >= 0.6 is 0 Å². The van der Waals surface area contributed by atoms with Crippen molar-refractivity contribution in [3.63, 3.8) is 0 Å². The van der Waals surface area contributed by atoms with Crippen molar-refractivity contribution in [1.82, 2.24) is 0 Å². The van der Waals surface area contributed by atoms with Gasteiger partial charge in [0.1, 0.15) is 5.92 Å². The Morgan fingerprint density at radius 1 is 1.24 bits per heavy atom. The molecule has 0 aromatic heterocycles. The summed E-state index contributed by atoms with van der Waals surface area (Å²) < 4.78 is 31.1. The normalized spacial score (nSPS) is 12.4. The predicted molar refractivity (Wildman–Crippen MR) is 79.4 cm³/mol. The fourth-order valence-corrected chi connectivity index (χ4v) is 2.22. The smallest absolute Gasteiger partial charge is 0.319 e. The third kappa shape index (κ3) is 3.27. The summed E-state index contributed by atoms with van der Waals surface area (Å²) in [5, 5.41) is 1.71. The molecule has 0 heterocycles.